The molecule has 136 valence electrons. The maximum Gasteiger partial charge on any atom is 0.238 e. The number of nitrogens with one attached hydrogen (secondary N) is 1. The average molecular weight is 354 g/mol. The van der Waals surface area contributed by atoms with E-state index in [9.17, 15) is 9.59 Å². The van der Waals surface area contributed by atoms with Gasteiger partial charge in [0.15, 0.2) is 5.78 Å². The Bertz CT molecular complexity index is 719. The van der Waals surface area contributed by atoms with Gasteiger partial charge < -0.3 is 15.1 Å². The number of amides is 1. The number of nitrogens with zero attached hydrogens (tertiary/aromatic N) is 5. The summed E-state index contributed by atoms with van der Waals surface area (Å²) >= 11 is 0. The summed E-state index contributed by atoms with van der Waals surface area (Å²) in [6, 6.07) is 4.31. The van der Waals surface area contributed by atoms with Crippen molar-refractivity contribution in [1.29, 1.82) is 5.26 Å². The number of carbonyl (C=O) groups is 2. The molecule has 2 unspecified atom stereocenters. The Morgan fingerprint density at radius 3 is 2.62 bits per heavy atom. The van der Waals surface area contributed by atoms with Crippen molar-refractivity contribution >= 4 is 17.6 Å². The Balaban J connectivity index is 1.33. The van der Waals surface area contributed by atoms with Crippen molar-refractivity contribution in [3.8, 4) is 6.07 Å². The highest BCUT2D eigenvalue weighted by atomic mass is 16.2. The summed E-state index contributed by atoms with van der Waals surface area (Å²) in [7, 11) is 0. The van der Waals surface area contributed by atoms with Gasteiger partial charge in [-0.3, -0.25) is 9.59 Å². The lowest BCUT2D eigenvalue weighted by Crippen LogP contribution is -2.52. The number of hydrogen-bond acceptors (Lipinski definition) is 7. The molecule has 3 saturated heterocycles. The third-order valence-corrected chi connectivity index (χ3v) is 5.67. The van der Waals surface area contributed by atoms with E-state index in [1.165, 1.54) is 4.90 Å². The van der Waals surface area contributed by atoms with E-state index in [-0.39, 0.29) is 37.2 Å². The van der Waals surface area contributed by atoms with Crippen LogP contribution in [0.3, 0.4) is 0 Å². The molecule has 1 amide bonds. The molecule has 4 rings (SSSR count). The van der Waals surface area contributed by atoms with Crippen LogP contribution in [-0.2, 0) is 9.59 Å². The topological polar surface area (TPSA) is 102 Å². The molecule has 26 heavy (non-hydrogen) atoms. The second kappa shape index (κ2) is 7.00. The molecule has 0 radical (unpaired) electrons. The van der Waals surface area contributed by atoms with Crippen LogP contribution in [0.4, 0.5) is 5.95 Å². The largest absolute Gasteiger partial charge is 0.335 e. The second-order valence-electron chi connectivity index (χ2n) is 7.30. The van der Waals surface area contributed by atoms with Gasteiger partial charge in [-0.25, -0.2) is 9.97 Å². The SMILES string of the molecule is N#C[C@@H]1CC(=O)CN1C(=O)CNC1CC2CCC(C1)N2c1ncccn1. The standard InChI is InChI=1S/C18H22N6O2/c19-9-15-8-16(25)11-23(15)17(26)10-22-12-6-13-2-3-14(7-12)24(13)18-20-4-1-5-21-18/h1,4-5,12-15,22H,2-3,6-8,10-11H2/t12?,13?,14?,15-/m0/s1. The van der Waals surface area contributed by atoms with E-state index in [1.807, 2.05) is 12.1 Å². The van der Waals surface area contributed by atoms with Crippen molar-refractivity contribution < 1.29 is 9.59 Å². The summed E-state index contributed by atoms with van der Waals surface area (Å²) in [4.78, 5) is 36.4. The minimum Gasteiger partial charge on any atom is -0.335 e. The van der Waals surface area contributed by atoms with Crippen LogP contribution in [0.2, 0.25) is 0 Å². The minimum atomic E-state index is -0.606. The van der Waals surface area contributed by atoms with E-state index in [2.05, 4.69) is 20.2 Å². The highest BCUT2D eigenvalue weighted by Gasteiger charge is 2.42. The van der Waals surface area contributed by atoms with Gasteiger partial charge in [-0.1, -0.05) is 0 Å². The van der Waals surface area contributed by atoms with Crippen LogP contribution in [-0.4, -0.2) is 63.8 Å². The Hall–Kier alpha value is -2.53. The summed E-state index contributed by atoms with van der Waals surface area (Å²) in [6.45, 7) is 0.241. The molecular weight excluding hydrogens is 332 g/mol. The molecule has 4 heterocycles. The van der Waals surface area contributed by atoms with Gasteiger partial charge >= 0.3 is 0 Å². The number of aromatic nitrogens is 2. The third-order valence-electron chi connectivity index (χ3n) is 5.67. The zero-order valence-corrected chi connectivity index (χ0v) is 14.5. The van der Waals surface area contributed by atoms with Crippen LogP contribution in [0.25, 0.3) is 0 Å². The Labute approximate surface area is 152 Å². The van der Waals surface area contributed by atoms with Crippen LogP contribution >= 0.6 is 0 Å². The molecule has 1 N–H and O–H groups in total. The van der Waals surface area contributed by atoms with Gasteiger partial charge in [-0.15, -0.1) is 0 Å². The lowest BCUT2D eigenvalue weighted by Gasteiger charge is -2.39. The lowest BCUT2D eigenvalue weighted by molar-refractivity contribution is -0.131. The van der Waals surface area contributed by atoms with E-state index in [0.717, 1.165) is 31.6 Å². The molecule has 0 saturated carbocycles. The van der Waals surface area contributed by atoms with Crippen LogP contribution in [0.5, 0.6) is 0 Å². The molecule has 3 aliphatic heterocycles. The summed E-state index contributed by atoms with van der Waals surface area (Å²) < 4.78 is 0. The maximum atomic E-state index is 12.4. The van der Waals surface area contributed by atoms with Gasteiger partial charge in [0.25, 0.3) is 0 Å². The molecule has 1 aromatic heterocycles. The van der Waals surface area contributed by atoms with Gasteiger partial charge in [-0.05, 0) is 31.7 Å². The number of likely N-dealkylation sites (tertiary alicyclic amines) is 1. The molecule has 2 bridgehead atoms. The monoisotopic (exact) mass is 354 g/mol. The molecule has 1 aromatic rings. The molecular formula is C18H22N6O2. The summed E-state index contributed by atoms with van der Waals surface area (Å²) in [5.41, 5.74) is 0. The number of nitriles is 1. The quantitative estimate of drug-likeness (QED) is 0.827. The third kappa shape index (κ3) is 3.15. The number of anilines is 1. The van der Waals surface area contributed by atoms with Crippen LogP contribution in [0.15, 0.2) is 18.5 Å². The highest BCUT2D eigenvalue weighted by molar-refractivity contribution is 5.91. The van der Waals surface area contributed by atoms with Crippen molar-refractivity contribution in [2.75, 3.05) is 18.0 Å². The van der Waals surface area contributed by atoms with Crippen molar-refractivity contribution in [3.05, 3.63) is 18.5 Å². The first kappa shape index (κ1) is 16.9. The van der Waals surface area contributed by atoms with Gasteiger partial charge in [0.05, 0.1) is 19.2 Å². The molecule has 0 aliphatic carbocycles. The molecule has 3 aliphatic rings. The summed E-state index contributed by atoms with van der Waals surface area (Å²) in [5.74, 6) is 0.588. The first-order chi connectivity index (χ1) is 12.7. The molecule has 3 atom stereocenters. The number of carbonyl (C=O) groups excluding carboxylic acids is 2. The predicted molar refractivity (Wildman–Crippen MR) is 93.1 cm³/mol. The minimum absolute atomic E-state index is 0.0425. The average Bonchev–Trinajstić information content (AvgIpc) is 3.17. The van der Waals surface area contributed by atoms with E-state index in [1.54, 1.807) is 12.4 Å². The molecule has 3 fully saturated rings. The number of fused-ring (bicyclic) bond motifs is 2. The van der Waals surface area contributed by atoms with Crippen LogP contribution in [0.1, 0.15) is 32.1 Å². The maximum absolute atomic E-state index is 12.4. The van der Waals surface area contributed by atoms with Gasteiger partial charge in [0.2, 0.25) is 11.9 Å². The normalized spacial score (nSPS) is 30.5. The Morgan fingerprint density at radius 2 is 1.96 bits per heavy atom. The van der Waals surface area contributed by atoms with E-state index in [4.69, 9.17) is 5.26 Å². The predicted octanol–water partition coefficient (Wildman–Crippen LogP) is 0.260. The first-order valence-corrected chi connectivity index (χ1v) is 9.15. The summed E-state index contributed by atoms with van der Waals surface area (Å²) in [6.07, 6.45) is 7.83. The zero-order valence-electron chi connectivity index (χ0n) is 14.5. The molecule has 8 heteroatoms. The Kier molecular flexibility index (Phi) is 4.55. The van der Waals surface area contributed by atoms with Crippen molar-refractivity contribution in [2.45, 2.75) is 56.3 Å². The smallest absolute Gasteiger partial charge is 0.238 e. The molecule has 8 nitrogen and oxygen atoms in total. The number of hydrogen-bond donors (Lipinski definition) is 1. The van der Waals surface area contributed by atoms with Crippen molar-refractivity contribution in [3.63, 3.8) is 0 Å². The number of piperidine rings is 1. The Morgan fingerprint density at radius 1 is 1.27 bits per heavy atom. The lowest BCUT2D eigenvalue weighted by atomic mass is 9.97. The van der Waals surface area contributed by atoms with E-state index < -0.39 is 6.04 Å². The number of ketones is 1. The summed E-state index contributed by atoms with van der Waals surface area (Å²) in [5, 5.41) is 12.5. The fourth-order valence-electron chi connectivity index (χ4n) is 4.50. The van der Waals surface area contributed by atoms with Crippen molar-refractivity contribution in [1.82, 2.24) is 20.2 Å². The van der Waals surface area contributed by atoms with Crippen LogP contribution < -0.4 is 10.2 Å². The second-order valence-corrected chi connectivity index (χ2v) is 7.30. The van der Waals surface area contributed by atoms with E-state index in [0.29, 0.717) is 12.1 Å². The van der Waals surface area contributed by atoms with Gasteiger partial charge in [-0.2, -0.15) is 5.26 Å². The fourth-order valence-corrected chi connectivity index (χ4v) is 4.50. The molecule has 0 spiro atoms. The number of Topliss-reactive ketones (excluding diaryl/α,β-unsaturated/α-hetero) is 1. The van der Waals surface area contributed by atoms with E-state index >= 15 is 0 Å². The zero-order chi connectivity index (χ0) is 18.1. The van der Waals surface area contributed by atoms with Gasteiger partial charge in [0, 0.05) is 36.9 Å². The highest BCUT2D eigenvalue weighted by Crippen LogP contribution is 2.37. The fraction of sp³-hybridized carbons (Fsp3) is 0.611. The van der Waals surface area contributed by atoms with Gasteiger partial charge in [0.1, 0.15) is 6.04 Å². The molecule has 0 aromatic carbocycles. The number of rotatable bonds is 4. The first-order valence-electron chi connectivity index (χ1n) is 9.15. The van der Waals surface area contributed by atoms with Crippen LogP contribution in [0, 0.1) is 11.3 Å². The van der Waals surface area contributed by atoms with Crippen molar-refractivity contribution in [2.24, 2.45) is 0 Å².